The van der Waals surface area contributed by atoms with E-state index in [-0.39, 0.29) is 36.1 Å². The molecule has 3 rings (SSSR count). The van der Waals surface area contributed by atoms with Gasteiger partial charge in [-0.2, -0.15) is 4.98 Å². The van der Waals surface area contributed by atoms with Gasteiger partial charge in [0.05, 0.1) is 19.1 Å². The Balaban J connectivity index is 1.51. The van der Waals surface area contributed by atoms with Crippen LogP contribution in [0, 0.1) is 10.1 Å². The van der Waals surface area contributed by atoms with Crippen LogP contribution in [-0.2, 0) is 0 Å². The van der Waals surface area contributed by atoms with Gasteiger partial charge >= 0.3 is 11.8 Å². The van der Waals surface area contributed by atoms with Crippen molar-refractivity contribution < 1.29 is 28.5 Å². The fraction of sp³-hybridized carbons (Fsp3) is 0.200. The van der Waals surface area contributed by atoms with E-state index in [0.29, 0.717) is 17.1 Å². The van der Waals surface area contributed by atoms with Crippen molar-refractivity contribution in [3.8, 4) is 22.9 Å². The molecule has 2 aromatic carbocycles. The first-order chi connectivity index (χ1) is 15.4. The first kappa shape index (κ1) is 22.2. The molecule has 12 heteroatoms. The van der Waals surface area contributed by atoms with Gasteiger partial charge in [0.15, 0.2) is 11.5 Å². The topological polar surface area (TPSA) is 159 Å². The summed E-state index contributed by atoms with van der Waals surface area (Å²) in [4.78, 5) is 38.4. The zero-order valence-corrected chi connectivity index (χ0v) is 17.2. The molecular formula is C20H19N5O7. The summed E-state index contributed by atoms with van der Waals surface area (Å²) in [5.74, 6) is -0.0615. The number of nitrogens with one attached hydrogen (secondary N) is 2. The molecule has 0 atom stereocenters. The second-order valence-corrected chi connectivity index (χ2v) is 6.31. The van der Waals surface area contributed by atoms with Crippen molar-refractivity contribution in [3.63, 3.8) is 0 Å². The maximum atomic E-state index is 12.2. The smallest absolute Gasteiger partial charge is 0.316 e. The maximum absolute atomic E-state index is 12.2. The number of amides is 2. The highest BCUT2D eigenvalue weighted by Crippen LogP contribution is 2.31. The van der Waals surface area contributed by atoms with Crippen LogP contribution in [0.2, 0.25) is 0 Å². The van der Waals surface area contributed by atoms with Crippen LogP contribution < -0.4 is 20.1 Å². The highest BCUT2D eigenvalue weighted by molar-refractivity contribution is 5.94. The van der Waals surface area contributed by atoms with Gasteiger partial charge in [-0.3, -0.25) is 19.7 Å². The fourth-order valence-electron chi connectivity index (χ4n) is 2.67. The Labute approximate surface area is 181 Å². The predicted octanol–water partition coefficient (Wildman–Crippen LogP) is 1.82. The number of hydrogen-bond acceptors (Lipinski definition) is 9. The summed E-state index contributed by atoms with van der Waals surface area (Å²) in [7, 11) is 3.01. The van der Waals surface area contributed by atoms with E-state index in [1.807, 2.05) is 0 Å². The standard InChI is InChI=1S/C20H19N5O7/c1-30-15-8-5-13(11-16(15)31-2)17-23-20(32-24-17)19(27)22-10-9-21-18(26)12-3-6-14(7-4-12)25(28)29/h3-8,11H,9-10H2,1-2H3,(H,21,26)(H,22,27). The molecule has 3 aromatic rings. The molecule has 0 aliphatic heterocycles. The number of nitrogens with zero attached hydrogens (tertiary/aromatic N) is 3. The van der Waals surface area contributed by atoms with Gasteiger partial charge < -0.3 is 24.6 Å². The Bertz CT molecular complexity index is 1130. The van der Waals surface area contributed by atoms with Gasteiger partial charge in [-0.05, 0) is 30.3 Å². The van der Waals surface area contributed by atoms with Gasteiger partial charge in [-0.25, -0.2) is 0 Å². The summed E-state index contributed by atoms with van der Waals surface area (Å²) in [5.41, 5.74) is 0.722. The van der Waals surface area contributed by atoms with Crippen LogP contribution in [0.3, 0.4) is 0 Å². The molecule has 32 heavy (non-hydrogen) atoms. The second-order valence-electron chi connectivity index (χ2n) is 6.31. The minimum absolute atomic E-state index is 0.103. The molecule has 0 radical (unpaired) electrons. The zero-order chi connectivity index (χ0) is 23.1. The first-order valence-electron chi connectivity index (χ1n) is 9.30. The minimum atomic E-state index is -0.603. The highest BCUT2D eigenvalue weighted by Gasteiger charge is 2.17. The third kappa shape index (κ3) is 5.16. The lowest BCUT2D eigenvalue weighted by Crippen LogP contribution is -2.34. The SMILES string of the molecule is COc1ccc(-c2noc(C(=O)NCCNC(=O)c3ccc([N+](=O)[O-])cc3)n2)cc1OC. The van der Waals surface area contributed by atoms with Crippen molar-refractivity contribution in [2.45, 2.75) is 0 Å². The van der Waals surface area contributed by atoms with Crippen molar-refractivity contribution in [1.29, 1.82) is 0 Å². The quantitative estimate of drug-likeness (QED) is 0.287. The van der Waals surface area contributed by atoms with Crippen molar-refractivity contribution in [2.75, 3.05) is 27.3 Å². The Hall–Kier alpha value is -4.48. The van der Waals surface area contributed by atoms with Crippen molar-refractivity contribution in [2.24, 2.45) is 0 Å². The van der Waals surface area contributed by atoms with Crippen molar-refractivity contribution >= 4 is 17.5 Å². The van der Waals surface area contributed by atoms with E-state index >= 15 is 0 Å². The molecule has 0 aliphatic rings. The summed E-state index contributed by atoms with van der Waals surface area (Å²) in [6, 6.07) is 10.2. The molecule has 2 N–H and O–H groups in total. The number of aromatic nitrogens is 2. The summed E-state index contributed by atoms with van der Waals surface area (Å²) in [6.45, 7) is 0.226. The average molecular weight is 441 g/mol. The van der Waals surface area contributed by atoms with E-state index in [9.17, 15) is 19.7 Å². The molecule has 12 nitrogen and oxygen atoms in total. The van der Waals surface area contributed by atoms with Gasteiger partial charge in [0, 0.05) is 36.3 Å². The van der Waals surface area contributed by atoms with E-state index in [2.05, 4.69) is 20.8 Å². The number of carbonyl (C=O) groups is 2. The molecule has 0 aliphatic carbocycles. The second kappa shape index (κ2) is 10.0. The molecule has 0 fully saturated rings. The molecule has 0 spiro atoms. The molecule has 0 unspecified atom stereocenters. The number of nitro benzene ring substituents is 1. The Kier molecular flexibility index (Phi) is 6.95. The maximum Gasteiger partial charge on any atom is 0.316 e. The lowest BCUT2D eigenvalue weighted by atomic mass is 10.2. The molecule has 0 saturated carbocycles. The van der Waals surface area contributed by atoms with Crippen LogP contribution >= 0.6 is 0 Å². The normalized spacial score (nSPS) is 10.3. The largest absolute Gasteiger partial charge is 0.493 e. The number of benzene rings is 2. The van der Waals surface area contributed by atoms with E-state index in [0.717, 1.165) is 0 Å². The van der Waals surface area contributed by atoms with Crippen LogP contribution in [-0.4, -0.2) is 54.2 Å². The number of hydrogen-bond donors (Lipinski definition) is 2. The molecule has 0 bridgehead atoms. The van der Waals surface area contributed by atoms with Crippen LogP contribution in [0.1, 0.15) is 21.0 Å². The van der Waals surface area contributed by atoms with E-state index < -0.39 is 16.7 Å². The summed E-state index contributed by atoms with van der Waals surface area (Å²) in [6.07, 6.45) is 0. The van der Waals surface area contributed by atoms with Gasteiger partial charge in [0.1, 0.15) is 0 Å². The van der Waals surface area contributed by atoms with Crippen LogP contribution in [0.15, 0.2) is 47.0 Å². The van der Waals surface area contributed by atoms with Crippen molar-refractivity contribution in [1.82, 2.24) is 20.8 Å². The number of methoxy groups -OCH3 is 2. The van der Waals surface area contributed by atoms with E-state index in [4.69, 9.17) is 14.0 Å². The fourth-order valence-corrected chi connectivity index (χ4v) is 2.67. The summed E-state index contributed by atoms with van der Waals surface area (Å²) >= 11 is 0. The third-order valence-electron chi connectivity index (χ3n) is 4.30. The Morgan fingerprint density at radius 3 is 2.28 bits per heavy atom. The van der Waals surface area contributed by atoms with Gasteiger partial charge in [0.25, 0.3) is 11.6 Å². The molecule has 2 amide bonds. The van der Waals surface area contributed by atoms with E-state index in [1.54, 1.807) is 18.2 Å². The van der Waals surface area contributed by atoms with E-state index in [1.165, 1.54) is 38.5 Å². The van der Waals surface area contributed by atoms with Gasteiger partial charge in [-0.1, -0.05) is 5.16 Å². The van der Waals surface area contributed by atoms with Gasteiger partial charge in [-0.15, -0.1) is 0 Å². The van der Waals surface area contributed by atoms with Crippen molar-refractivity contribution in [3.05, 3.63) is 64.0 Å². The molecule has 1 aromatic heterocycles. The minimum Gasteiger partial charge on any atom is -0.493 e. The summed E-state index contributed by atoms with van der Waals surface area (Å²) in [5, 5.41) is 19.6. The Morgan fingerprint density at radius 1 is 1.00 bits per heavy atom. The van der Waals surface area contributed by atoms with Gasteiger partial charge in [0.2, 0.25) is 5.82 Å². The lowest BCUT2D eigenvalue weighted by molar-refractivity contribution is -0.384. The highest BCUT2D eigenvalue weighted by atomic mass is 16.6. The van der Waals surface area contributed by atoms with Crippen LogP contribution in [0.4, 0.5) is 5.69 Å². The number of carbonyl (C=O) groups excluding carboxylic acids is 2. The average Bonchev–Trinajstić information content (AvgIpc) is 3.31. The summed E-state index contributed by atoms with van der Waals surface area (Å²) < 4.78 is 15.4. The first-order valence-corrected chi connectivity index (χ1v) is 9.30. The number of nitro groups is 1. The number of non-ortho nitro benzene ring substituents is 1. The van der Waals surface area contributed by atoms with Crippen LogP contribution in [0.5, 0.6) is 11.5 Å². The predicted molar refractivity (Wildman–Crippen MR) is 111 cm³/mol. The van der Waals surface area contributed by atoms with Crippen LogP contribution in [0.25, 0.3) is 11.4 Å². The monoisotopic (exact) mass is 441 g/mol. The molecule has 166 valence electrons. The third-order valence-corrected chi connectivity index (χ3v) is 4.30. The number of rotatable bonds is 9. The lowest BCUT2D eigenvalue weighted by Gasteiger charge is -2.07. The zero-order valence-electron chi connectivity index (χ0n) is 17.2. The molecular weight excluding hydrogens is 422 g/mol. The number of ether oxygens (including phenoxy) is 2. The molecule has 1 heterocycles. The molecule has 0 saturated heterocycles. The Morgan fingerprint density at radius 2 is 1.66 bits per heavy atom.